The van der Waals surface area contributed by atoms with Crippen LogP contribution in [0.2, 0.25) is 0 Å². The summed E-state index contributed by atoms with van der Waals surface area (Å²) in [6.45, 7) is 2.02. The molecule has 0 unspecified atom stereocenters. The molecule has 0 radical (unpaired) electrons. The van der Waals surface area contributed by atoms with Crippen LogP contribution in [0.5, 0.6) is 0 Å². The van der Waals surface area contributed by atoms with Crippen molar-refractivity contribution in [1.29, 1.82) is 0 Å². The number of benzene rings is 1. The number of nitrogen functional groups attached to an aromatic ring is 1. The van der Waals surface area contributed by atoms with Crippen molar-refractivity contribution >= 4 is 21.7 Å². The lowest BCUT2D eigenvalue weighted by Gasteiger charge is -2.05. The maximum atomic E-state index is 6.23. The molecular weight excluding hydrogens is 328 g/mol. The Morgan fingerprint density at radius 2 is 1.95 bits per heavy atom. The van der Waals surface area contributed by atoms with Gasteiger partial charge in [0.05, 0.1) is 5.56 Å². The summed E-state index contributed by atoms with van der Waals surface area (Å²) in [5, 5.41) is 4.56. The lowest BCUT2D eigenvalue weighted by Crippen LogP contribution is -1.97. The average molecular weight is 343 g/mol. The molecule has 0 spiro atoms. The summed E-state index contributed by atoms with van der Waals surface area (Å²) in [4.78, 5) is 4.25. The Labute approximate surface area is 131 Å². The summed E-state index contributed by atoms with van der Waals surface area (Å²) >= 11 is 3.50. The smallest absolute Gasteiger partial charge is 0.129 e. The first-order valence-electron chi connectivity index (χ1n) is 6.56. The number of anilines is 1. The standard InChI is InChI=1S/C16H15BrN4/c1-10-6-12(9-19-8-10)15-14(16(18)21(2)20-15)11-4-3-5-13(17)7-11/h3-9H,18H2,1-2H3. The lowest BCUT2D eigenvalue weighted by molar-refractivity contribution is 0.782. The van der Waals surface area contributed by atoms with Gasteiger partial charge in [-0.15, -0.1) is 0 Å². The van der Waals surface area contributed by atoms with Gasteiger partial charge in [-0.2, -0.15) is 5.10 Å². The van der Waals surface area contributed by atoms with Crippen LogP contribution in [0.1, 0.15) is 5.56 Å². The number of halogens is 1. The monoisotopic (exact) mass is 342 g/mol. The lowest BCUT2D eigenvalue weighted by atomic mass is 10.0. The zero-order valence-electron chi connectivity index (χ0n) is 11.8. The summed E-state index contributed by atoms with van der Waals surface area (Å²) in [5.74, 6) is 0.643. The molecule has 0 aliphatic rings. The quantitative estimate of drug-likeness (QED) is 0.770. The van der Waals surface area contributed by atoms with Gasteiger partial charge in [-0.3, -0.25) is 9.67 Å². The van der Waals surface area contributed by atoms with Crippen LogP contribution in [0.3, 0.4) is 0 Å². The van der Waals surface area contributed by atoms with Crippen LogP contribution in [-0.4, -0.2) is 14.8 Å². The van der Waals surface area contributed by atoms with Crippen molar-refractivity contribution in [2.24, 2.45) is 7.05 Å². The molecule has 3 rings (SSSR count). The average Bonchev–Trinajstić information content (AvgIpc) is 2.75. The van der Waals surface area contributed by atoms with Crippen LogP contribution in [0.25, 0.3) is 22.4 Å². The molecule has 0 atom stereocenters. The molecule has 0 saturated heterocycles. The van der Waals surface area contributed by atoms with E-state index < -0.39 is 0 Å². The van der Waals surface area contributed by atoms with E-state index in [2.05, 4.69) is 32.1 Å². The molecule has 2 heterocycles. The van der Waals surface area contributed by atoms with Crippen molar-refractivity contribution in [3.05, 3.63) is 52.8 Å². The predicted molar refractivity (Wildman–Crippen MR) is 88.7 cm³/mol. The first-order chi connectivity index (χ1) is 10.1. The van der Waals surface area contributed by atoms with Gasteiger partial charge in [0, 0.05) is 29.5 Å². The maximum Gasteiger partial charge on any atom is 0.129 e. The van der Waals surface area contributed by atoms with Crippen molar-refractivity contribution in [3.63, 3.8) is 0 Å². The minimum absolute atomic E-state index is 0.643. The van der Waals surface area contributed by atoms with Crippen molar-refractivity contribution in [1.82, 2.24) is 14.8 Å². The van der Waals surface area contributed by atoms with E-state index in [1.54, 1.807) is 4.68 Å². The Kier molecular flexibility index (Phi) is 3.51. The molecule has 3 aromatic rings. The summed E-state index contributed by atoms with van der Waals surface area (Å²) in [6.07, 6.45) is 3.64. The van der Waals surface area contributed by atoms with E-state index in [1.165, 1.54) is 0 Å². The van der Waals surface area contributed by atoms with Gasteiger partial charge >= 0.3 is 0 Å². The van der Waals surface area contributed by atoms with Gasteiger partial charge in [0.25, 0.3) is 0 Å². The molecule has 2 N–H and O–H groups in total. The third-order valence-electron chi connectivity index (χ3n) is 3.35. The molecule has 0 saturated carbocycles. The van der Waals surface area contributed by atoms with Gasteiger partial charge in [-0.25, -0.2) is 0 Å². The Balaban J connectivity index is 2.25. The van der Waals surface area contributed by atoms with Crippen molar-refractivity contribution < 1.29 is 0 Å². The summed E-state index contributed by atoms with van der Waals surface area (Å²) in [6, 6.07) is 10.1. The minimum Gasteiger partial charge on any atom is -0.383 e. The highest BCUT2D eigenvalue weighted by Gasteiger charge is 2.17. The summed E-state index contributed by atoms with van der Waals surface area (Å²) < 4.78 is 2.71. The highest BCUT2D eigenvalue weighted by atomic mass is 79.9. The normalized spacial score (nSPS) is 10.8. The molecule has 1 aromatic carbocycles. The molecule has 0 amide bonds. The van der Waals surface area contributed by atoms with E-state index in [1.807, 2.05) is 50.6 Å². The number of aryl methyl sites for hydroxylation is 2. The second-order valence-corrected chi connectivity index (χ2v) is 5.91. The largest absolute Gasteiger partial charge is 0.383 e. The molecule has 0 bridgehead atoms. The number of rotatable bonds is 2. The molecule has 21 heavy (non-hydrogen) atoms. The predicted octanol–water partition coefficient (Wildman–Crippen LogP) is 3.80. The Morgan fingerprint density at radius 3 is 2.67 bits per heavy atom. The number of pyridine rings is 1. The molecule has 0 aliphatic heterocycles. The molecule has 2 aromatic heterocycles. The van der Waals surface area contributed by atoms with Gasteiger partial charge in [0.1, 0.15) is 11.5 Å². The molecule has 5 heteroatoms. The van der Waals surface area contributed by atoms with Crippen LogP contribution < -0.4 is 5.73 Å². The van der Waals surface area contributed by atoms with Crippen LogP contribution in [0, 0.1) is 6.92 Å². The fourth-order valence-corrected chi connectivity index (χ4v) is 2.75. The molecule has 0 fully saturated rings. The maximum absolute atomic E-state index is 6.23. The van der Waals surface area contributed by atoms with E-state index in [4.69, 9.17) is 5.73 Å². The molecular formula is C16H15BrN4. The van der Waals surface area contributed by atoms with Gasteiger partial charge in [0.15, 0.2) is 0 Å². The van der Waals surface area contributed by atoms with E-state index in [-0.39, 0.29) is 0 Å². The zero-order valence-corrected chi connectivity index (χ0v) is 13.4. The number of hydrogen-bond acceptors (Lipinski definition) is 3. The third kappa shape index (κ3) is 2.56. The van der Waals surface area contributed by atoms with Crippen LogP contribution >= 0.6 is 15.9 Å². The highest BCUT2D eigenvalue weighted by Crippen LogP contribution is 2.36. The minimum atomic E-state index is 0.643. The highest BCUT2D eigenvalue weighted by molar-refractivity contribution is 9.10. The number of hydrogen-bond donors (Lipinski definition) is 1. The van der Waals surface area contributed by atoms with Crippen molar-refractivity contribution in [2.45, 2.75) is 6.92 Å². The van der Waals surface area contributed by atoms with Gasteiger partial charge in [-0.05, 0) is 36.2 Å². The fraction of sp³-hybridized carbons (Fsp3) is 0.125. The van der Waals surface area contributed by atoms with Crippen LogP contribution in [0.15, 0.2) is 47.2 Å². The van der Waals surface area contributed by atoms with E-state index >= 15 is 0 Å². The van der Waals surface area contributed by atoms with Crippen LogP contribution in [0.4, 0.5) is 5.82 Å². The topological polar surface area (TPSA) is 56.7 Å². The second kappa shape index (κ2) is 5.33. The van der Waals surface area contributed by atoms with Gasteiger partial charge in [0.2, 0.25) is 0 Å². The first-order valence-corrected chi connectivity index (χ1v) is 7.36. The number of nitrogens with zero attached hydrogens (tertiary/aromatic N) is 3. The van der Waals surface area contributed by atoms with Gasteiger partial charge < -0.3 is 5.73 Å². The Bertz CT molecular complexity index is 808. The van der Waals surface area contributed by atoms with E-state index in [9.17, 15) is 0 Å². The SMILES string of the molecule is Cc1cncc(-c2nn(C)c(N)c2-c2cccc(Br)c2)c1. The zero-order chi connectivity index (χ0) is 15.0. The summed E-state index contributed by atoms with van der Waals surface area (Å²) in [7, 11) is 1.85. The Morgan fingerprint density at radius 1 is 1.14 bits per heavy atom. The Hall–Kier alpha value is -2.14. The molecule has 4 nitrogen and oxygen atoms in total. The fourth-order valence-electron chi connectivity index (χ4n) is 2.35. The summed E-state index contributed by atoms with van der Waals surface area (Å²) in [5.41, 5.74) is 11.1. The third-order valence-corrected chi connectivity index (χ3v) is 3.85. The van der Waals surface area contributed by atoms with Crippen LogP contribution in [-0.2, 0) is 7.05 Å². The second-order valence-electron chi connectivity index (χ2n) is 4.99. The first kappa shape index (κ1) is 13.8. The molecule has 0 aliphatic carbocycles. The number of nitrogens with two attached hydrogens (primary N) is 1. The van der Waals surface area contributed by atoms with Gasteiger partial charge in [-0.1, -0.05) is 28.1 Å². The van der Waals surface area contributed by atoms with E-state index in [0.29, 0.717) is 5.82 Å². The van der Waals surface area contributed by atoms with Crippen molar-refractivity contribution in [2.75, 3.05) is 5.73 Å². The van der Waals surface area contributed by atoms with Crippen molar-refractivity contribution in [3.8, 4) is 22.4 Å². The molecule has 106 valence electrons. The number of aromatic nitrogens is 3. The van der Waals surface area contributed by atoms with E-state index in [0.717, 1.165) is 32.4 Å².